The summed E-state index contributed by atoms with van der Waals surface area (Å²) in [6.45, 7) is 3.03. The monoisotopic (exact) mass is 317 g/mol. The highest BCUT2D eigenvalue weighted by molar-refractivity contribution is 5.50. The molecule has 3 heterocycles. The van der Waals surface area contributed by atoms with Gasteiger partial charge in [0.25, 0.3) is 0 Å². The highest BCUT2D eigenvalue weighted by atomic mass is 19.4. The van der Waals surface area contributed by atoms with Gasteiger partial charge < -0.3 is 14.7 Å². The van der Waals surface area contributed by atoms with Crippen LogP contribution in [0.1, 0.15) is 5.56 Å². The van der Waals surface area contributed by atoms with E-state index in [0.29, 0.717) is 32.8 Å². The number of aromatic nitrogens is 1. The third-order valence-corrected chi connectivity index (χ3v) is 4.17. The Kier molecular flexibility index (Phi) is 4.24. The summed E-state index contributed by atoms with van der Waals surface area (Å²) in [6, 6.07) is 2.11. The molecular formula is C14H18F3N3O2. The molecule has 0 radical (unpaired) electrons. The molecule has 3 rings (SSSR count). The number of β-amino-alcohol motifs (C(OH)–C–C–N with tert-alkyl or cyclic N) is 1. The summed E-state index contributed by atoms with van der Waals surface area (Å²) in [5.74, 6) is -0.107. The molecule has 5 nitrogen and oxygen atoms in total. The van der Waals surface area contributed by atoms with Crippen molar-refractivity contribution in [1.29, 1.82) is 0 Å². The summed E-state index contributed by atoms with van der Waals surface area (Å²) in [5.41, 5.74) is -0.759. The van der Waals surface area contributed by atoms with E-state index in [0.717, 1.165) is 6.07 Å². The molecule has 2 saturated heterocycles. The van der Waals surface area contributed by atoms with Crippen molar-refractivity contribution in [3.8, 4) is 0 Å². The van der Waals surface area contributed by atoms with Gasteiger partial charge in [0, 0.05) is 32.4 Å². The topological polar surface area (TPSA) is 48.8 Å². The first-order valence-corrected chi connectivity index (χ1v) is 7.24. The van der Waals surface area contributed by atoms with Crippen LogP contribution in [0.2, 0.25) is 0 Å². The molecule has 2 aliphatic heterocycles. The maximum absolute atomic E-state index is 13.1. The van der Waals surface area contributed by atoms with Gasteiger partial charge in [0.15, 0.2) is 0 Å². The summed E-state index contributed by atoms with van der Waals surface area (Å²) in [4.78, 5) is 7.49. The van der Waals surface area contributed by atoms with Gasteiger partial charge >= 0.3 is 6.18 Å². The quantitative estimate of drug-likeness (QED) is 0.881. The number of rotatable bonds is 2. The van der Waals surface area contributed by atoms with Crippen molar-refractivity contribution < 1.29 is 23.0 Å². The van der Waals surface area contributed by atoms with Crippen molar-refractivity contribution >= 4 is 5.82 Å². The maximum Gasteiger partial charge on any atom is 0.419 e. The second kappa shape index (κ2) is 6.02. The van der Waals surface area contributed by atoms with Crippen LogP contribution >= 0.6 is 0 Å². The first kappa shape index (κ1) is 15.5. The van der Waals surface area contributed by atoms with E-state index in [-0.39, 0.29) is 18.4 Å². The molecule has 2 atom stereocenters. The average molecular weight is 317 g/mol. The molecule has 1 aromatic rings. The Morgan fingerprint density at radius 3 is 2.64 bits per heavy atom. The SMILES string of the molecule is O[C@H]1CN(c2ncccc2C(F)(F)F)C[C@@H]1N1CCOCC1. The van der Waals surface area contributed by atoms with E-state index in [4.69, 9.17) is 4.74 Å². The van der Waals surface area contributed by atoms with E-state index in [9.17, 15) is 18.3 Å². The van der Waals surface area contributed by atoms with Gasteiger partial charge in [-0.2, -0.15) is 13.2 Å². The van der Waals surface area contributed by atoms with Gasteiger partial charge in [-0.3, -0.25) is 4.90 Å². The lowest BCUT2D eigenvalue weighted by Gasteiger charge is -2.33. The lowest BCUT2D eigenvalue weighted by atomic mass is 10.1. The molecule has 2 fully saturated rings. The van der Waals surface area contributed by atoms with Crippen LogP contribution in [0.25, 0.3) is 0 Å². The number of anilines is 1. The van der Waals surface area contributed by atoms with Crippen molar-refractivity contribution in [2.75, 3.05) is 44.3 Å². The number of aliphatic hydroxyl groups is 1. The van der Waals surface area contributed by atoms with Gasteiger partial charge in [-0.25, -0.2) is 4.98 Å². The fourth-order valence-electron chi connectivity index (χ4n) is 3.08. The van der Waals surface area contributed by atoms with E-state index in [2.05, 4.69) is 9.88 Å². The molecule has 1 aromatic heterocycles. The highest BCUT2D eigenvalue weighted by Crippen LogP contribution is 2.36. The fraction of sp³-hybridized carbons (Fsp3) is 0.643. The largest absolute Gasteiger partial charge is 0.419 e. The maximum atomic E-state index is 13.1. The Hall–Kier alpha value is -1.38. The molecule has 2 aliphatic rings. The van der Waals surface area contributed by atoms with Crippen LogP contribution in [0.15, 0.2) is 18.3 Å². The number of halogens is 3. The van der Waals surface area contributed by atoms with Gasteiger partial charge in [-0.05, 0) is 12.1 Å². The number of aliphatic hydroxyl groups excluding tert-OH is 1. The number of hydrogen-bond acceptors (Lipinski definition) is 5. The Labute approximate surface area is 126 Å². The molecule has 0 saturated carbocycles. The van der Waals surface area contributed by atoms with Gasteiger partial charge in [-0.1, -0.05) is 0 Å². The summed E-state index contributed by atoms with van der Waals surface area (Å²) in [7, 11) is 0. The Morgan fingerprint density at radius 2 is 1.95 bits per heavy atom. The van der Waals surface area contributed by atoms with E-state index in [1.807, 2.05) is 0 Å². The highest BCUT2D eigenvalue weighted by Gasteiger charge is 2.41. The number of nitrogens with zero attached hydrogens (tertiary/aromatic N) is 3. The molecule has 0 unspecified atom stereocenters. The third kappa shape index (κ3) is 3.04. The first-order chi connectivity index (χ1) is 10.5. The van der Waals surface area contributed by atoms with E-state index < -0.39 is 17.8 Å². The van der Waals surface area contributed by atoms with Crippen molar-refractivity contribution in [2.24, 2.45) is 0 Å². The molecule has 22 heavy (non-hydrogen) atoms. The minimum absolute atomic E-state index is 0.107. The summed E-state index contributed by atoms with van der Waals surface area (Å²) < 4.78 is 44.6. The standard InChI is InChI=1S/C14H18F3N3O2/c15-14(16,17)10-2-1-3-18-13(10)20-8-11(12(21)9-20)19-4-6-22-7-5-19/h1-3,11-12,21H,4-9H2/t11-,12-/m0/s1. The first-order valence-electron chi connectivity index (χ1n) is 7.24. The van der Waals surface area contributed by atoms with Crippen LogP contribution in [-0.2, 0) is 10.9 Å². The molecule has 8 heteroatoms. The van der Waals surface area contributed by atoms with E-state index in [1.54, 1.807) is 0 Å². The number of ether oxygens (including phenoxy) is 1. The number of hydrogen-bond donors (Lipinski definition) is 1. The van der Waals surface area contributed by atoms with E-state index >= 15 is 0 Å². The van der Waals surface area contributed by atoms with Crippen molar-refractivity contribution in [2.45, 2.75) is 18.3 Å². The average Bonchev–Trinajstić information content (AvgIpc) is 2.89. The number of pyridine rings is 1. The second-order valence-electron chi connectivity index (χ2n) is 5.56. The second-order valence-corrected chi connectivity index (χ2v) is 5.56. The summed E-state index contributed by atoms with van der Waals surface area (Å²) >= 11 is 0. The Balaban J connectivity index is 1.80. The van der Waals surface area contributed by atoms with Gasteiger partial charge in [0.05, 0.1) is 30.9 Å². The molecule has 1 N–H and O–H groups in total. The normalized spacial score (nSPS) is 27.4. The van der Waals surface area contributed by atoms with Crippen LogP contribution < -0.4 is 4.90 Å². The minimum Gasteiger partial charge on any atom is -0.390 e. The zero-order valence-electron chi connectivity index (χ0n) is 12.0. The molecule has 122 valence electrons. The Bertz CT molecular complexity index is 520. The van der Waals surface area contributed by atoms with Gasteiger partial charge in [-0.15, -0.1) is 0 Å². The van der Waals surface area contributed by atoms with Crippen molar-refractivity contribution in [3.05, 3.63) is 23.9 Å². The predicted molar refractivity (Wildman–Crippen MR) is 73.6 cm³/mol. The van der Waals surface area contributed by atoms with Gasteiger partial charge in [0.2, 0.25) is 0 Å². The van der Waals surface area contributed by atoms with Crippen LogP contribution in [0, 0.1) is 0 Å². The van der Waals surface area contributed by atoms with Crippen LogP contribution in [0.4, 0.5) is 19.0 Å². The molecule has 0 amide bonds. The van der Waals surface area contributed by atoms with Gasteiger partial charge in [0.1, 0.15) is 5.82 Å². The smallest absolute Gasteiger partial charge is 0.390 e. The summed E-state index contributed by atoms with van der Waals surface area (Å²) in [6.07, 6.45) is -3.80. The molecule has 0 bridgehead atoms. The molecule has 0 aliphatic carbocycles. The Morgan fingerprint density at radius 1 is 1.23 bits per heavy atom. The van der Waals surface area contributed by atoms with Crippen molar-refractivity contribution in [1.82, 2.24) is 9.88 Å². The lowest BCUT2D eigenvalue weighted by molar-refractivity contribution is -0.137. The molecular weight excluding hydrogens is 299 g/mol. The van der Waals surface area contributed by atoms with Crippen LogP contribution in [0.5, 0.6) is 0 Å². The predicted octanol–water partition coefficient (Wildman–Crippen LogP) is 0.982. The zero-order chi connectivity index (χ0) is 15.7. The molecule has 0 aromatic carbocycles. The third-order valence-electron chi connectivity index (χ3n) is 4.17. The number of alkyl halides is 3. The van der Waals surface area contributed by atoms with E-state index in [1.165, 1.54) is 17.2 Å². The van der Waals surface area contributed by atoms with Crippen molar-refractivity contribution in [3.63, 3.8) is 0 Å². The fourth-order valence-corrected chi connectivity index (χ4v) is 3.08. The van der Waals surface area contributed by atoms with Crippen LogP contribution in [-0.4, -0.2) is 66.5 Å². The summed E-state index contributed by atoms with van der Waals surface area (Å²) in [5, 5.41) is 10.2. The molecule has 0 spiro atoms. The lowest BCUT2D eigenvalue weighted by Crippen LogP contribution is -2.48. The minimum atomic E-state index is -4.45. The van der Waals surface area contributed by atoms with Crippen LogP contribution in [0.3, 0.4) is 0 Å². The number of morpholine rings is 1. The zero-order valence-corrected chi connectivity index (χ0v) is 12.0.